The molecular weight excluding hydrogens is 321 g/mol. The fourth-order valence-electron chi connectivity index (χ4n) is 1.04. The van der Waals surface area contributed by atoms with E-state index < -0.39 is 42.4 Å². The van der Waals surface area contributed by atoms with Crippen molar-refractivity contribution in [3.63, 3.8) is 0 Å². The van der Waals surface area contributed by atoms with Gasteiger partial charge in [0.05, 0.1) is 11.0 Å². The lowest BCUT2D eigenvalue weighted by molar-refractivity contribution is -0.389. The molecule has 1 rings (SSSR count). The Kier molecular flexibility index (Phi) is 3.77. The Morgan fingerprint density at radius 1 is 1.42 bits per heavy atom. The summed E-state index contributed by atoms with van der Waals surface area (Å²) in [6.45, 7) is 0. The fourth-order valence-corrected chi connectivity index (χ4v) is 2.00. The smallest absolute Gasteiger partial charge is 0.390 e. The number of nitro groups is 1. The molecule has 8 nitrogen and oxygen atoms in total. The van der Waals surface area contributed by atoms with Gasteiger partial charge in [0.15, 0.2) is 0 Å². The van der Waals surface area contributed by atoms with Crippen LogP contribution in [0.4, 0.5) is 18.9 Å². The average Bonchev–Trinajstić information content (AvgIpc) is 2.11. The lowest BCUT2D eigenvalue weighted by Gasteiger charge is -2.09. The molecule has 0 aromatic carbocycles. The number of hydrogen-bond acceptors (Lipinski definition) is 6. The molecular formula is C6H2ClF3N2O6S. The maximum Gasteiger partial charge on any atom is 0.574 e. The Hall–Kier alpha value is -1.82. The first-order valence-electron chi connectivity index (χ1n) is 4.04. The van der Waals surface area contributed by atoms with Gasteiger partial charge in [-0.2, -0.15) is 0 Å². The van der Waals surface area contributed by atoms with Gasteiger partial charge < -0.3 is 9.72 Å². The monoisotopic (exact) mass is 322 g/mol. The number of halogens is 4. The van der Waals surface area contributed by atoms with Gasteiger partial charge in [0.25, 0.3) is 14.5 Å². The Bertz CT molecular complexity index is 681. The predicted molar refractivity (Wildman–Crippen MR) is 53.4 cm³/mol. The van der Waals surface area contributed by atoms with Gasteiger partial charge >= 0.3 is 12.0 Å². The normalized spacial score (nSPS) is 12.2. The summed E-state index contributed by atoms with van der Waals surface area (Å²) in [5.74, 6) is -1.35. The van der Waals surface area contributed by atoms with Crippen molar-refractivity contribution in [1.29, 1.82) is 0 Å². The minimum Gasteiger partial charge on any atom is -0.390 e. The highest BCUT2D eigenvalue weighted by molar-refractivity contribution is 8.13. The van der Waals surface area contributed by atoms with E-state index in [1.54, 1.807) is 0 Å². The molecule has 0 aliphatic rings. The van der Waals surface area contributed by atoms with Crippen LogP contribution in [0.25, 0.3) is 0 Å². The van der Waals surface area contributed by atoms with E-state index in [2.05, 4.69) is 4.74 Å². The largest absolute Gasteiger partial charge is 0.574 e. The van der Waals surface area contributed by atoms with Crippen LogP contribution in [0.15, 0.2) is 15.9 Å². The van der Waals surface area contributed by atoms with Crippen LogP contribution in [0.3, 0.4) is 0 Å². The molecule has 0 fully saturated rings. The average molecular weight is 323 g/mol. The van der Waals surface area contributed by atoms with Crippen molar-refractivity contribution in [2.75, 3.05) is 0 Å². The summed E-state index contributed by atoms with van der Waals surface area (Å²) in [4.78, 5) is 21.7. The van der Waals surface area contributed by atoms with Gasteiger partial charge in [-0.3, -0.25) is 14.9 Å². The minimum atomic E-state index is -5.23. The first-order valence-corrected chi connectivity index (χ1v) is 6.35. The molecule has 1 aromatic rings. The van der Waals surface area contributed by atoms with Gasteiger partial charge in [-0.05, 0) is 0 Å². The Morgan fingerprint density at radius 3 is 2.32 bits per heavy atom. The fraction of sp³-hybridized carbons (Fsp3) is 0.167. The molecule has 0 saturated carbocycles. The zero-order valence-corrected chi connectivity index (χ0v) is 9.97. The molecule has 1 heterocycles. The van der Waals surface area contributed by atoms with Crippen molar-refractivity contribution in [1.82, 2.24) is 4.98 Å². The summed E-state index contributed by atoms with van der Waals surface area (Å²) in [6, 6.07) is 0.0805. The van der Waals surface area contributed by atoms with Crippen molar-refractivity contribution in [2.45, 2.75) is 11.4 Å². The maximum atomic E-state index is 11.9. The molecule has 0 aliphatic heterocycles. The van der Waals surface area contributed by atoms with E-state index in [-0.39, 0.29) is 6.07 Å². The zero-order valence-electron chi connectivity index (χ0n) is 8.39. The van der Waals surface area contributed by atoms with Crippen molar-refractivity contribution < 1.29 is 31.2 Å². The van der Waals surface area contributed by atoms with E-state index >= 15 is 0 Å². The molecule has 0 atom stereocenters. The molecule has 0 radical (unpaired) electrons. The van der Waals surface area contributed by atoms with Gasteiger partial charge in [-0.1, -0.05) is 0 Å². The molecule has 19 heavy (non-hydrogen) atoms. The van der Waals surface area contributed by atoms with Crippen molar-refractivity contribution in [2.24, 2.45) is 0 Å². The van der Waals surface area contributed by atoms with Crippen LogP contribution < -0.4 is 10.2 Å². The second-order valence-corrected chi connectivity index (χ2v) is 5.42. The summed E-state index contributed by atoms with van der Waals surface area (Å²) < 4.78 is 60.9. The molecule has 0 amide bonds. The van der Waals surface area contributed by atoms with Gasteiger partial charge in [-0.25, -0.2) is 8.42 Å². The highest BCUT2D eigenvalue weighted by Gasteiger charge is 2.35. The number of hydrogen-bond donors (Lipinski definition) is 1. The van der Waals surface area contributed by atoms with Crippen LogP contribution in [0.5, 0.6) is 5.88 Å². The van der Waals surface area contributed by atoms with E-state index in [9.17, 15) is 36.5 Å². The number of pyridine rings is 1. The van der Waals surface area contributed by atoms with Crippen LogP contribution in [0.2, 0.25) is 0 Å². The molecule has 1 N–H and O–H groups in total. The summed E-state index contributed by atoms with van der Waals surface area (Å²) in [5.41, 5.74) is -3.12. The van der Waals surface area contributed by atoms with Crippen LogP contribution in [0.1, 0.15) is 0 Å². The van der Waals surface area contributed by atoms with Crippen molar-refractivity contribution in [3.8, 4) is 5.88 Å². The topological polar surface area (TPSA) is 119 Å². The molecule has 106 valence electrons. The number of H-pyrrole nitrogens is 1. The maximum absolute atomic E-state index is 11.9. The van der Waals surface area contributed by atoms with Gasteiger partial charge in [-0.15, -0.1) is 13.2 Å². The number of aromatic nitrogens is 1. The molecule has 13 heteroatoms. The second kappa shape index (κ2) is 4.70. The molecule has 0 aliphatic carbocycles. The van der Waals surface area contributed by atoms with Gasteiger partial charge in [0.2, 0.25) is 10.9 Å². The molecule has 0 spiro atoms. The number of rotatable bonds is 3. The second-order valence-electron chi connectivity index (χ2n) is 2.92. The Morgan fingerprint density at radius 2 is 1.95 bits per heavy atom. The van der Waals surface area contributed by atoms with Crippen molar-refractivity contribution in [3.05, 3.63) is 26.4 Å². The lowest BCUT2D eigenvalue weighted by Crippen LogP contribution is -2.21. The van der Waals surface area contributed by atoms with Gasteiger partial charge in [0, 0.05) is 10.7 Å². The standard InChI is InChI=1S/C6H2ClF3N2O6S/c7-19(16,17)5-4(12(14)15)2(13)1-3(11-5)18-6(8,9)10/h1H,(H,11,13). The lowest BCUT2D eigenvalue weighted by atomic mass is 10.4. The highest BCUT2D eigenvalue weighted by atomic mass is 35.7. The third-order valence-corrected chi connectivity index (χ3v) is 2.85. The van der Waals surface area contributed by atoms with E-state index in [1.807, 2.05) is 0 Å². The third kappa shape index (κ3) is 3.82. The van der Waals surface area contributed by atoms with Gasteiger partial charge in [0.1, 0.15) is 0 Å². The van der Waals surface area contributed by atoms with E-state index in [1.165, 1.54) is 4.98 Å². The third-order valence-electron chi connectivity index (χ3n) is 1.60. The molecule has 0 saturated heterocycles. The minimum absolute atomic E-state index is 0.0805. The highest BCUT2D eigenvalue weighted by Crippen LogP contribution is 2.26. The van der Waals surface area contributed by atoms with E-state index in [0.29, 0.717) is 0 Å². The van der Waals surface area contributed by atoms with Crippen LogP contribution in [0, 0.1) is 10.1 Å². The molecule has 0 unspecified atom stereocenters. The molecule has 0 bridgehead atoms. The van der Waals surface area contributed by atoms with Crippen LogP contribution in [-0.4, -0.2) is 24.7 Å². The number of ether oxygens (including phenoxy) is 1. The number of nitrogens with one attached hydrogen (secondary N) is 1. The Balaban J connectivity index is 3.58. The predicted octanol–water partition coefficient (Wildman–Crippen LogP) is 1.11. The number of nitrogens with zero attached hydrogens (tertiary/aromatic N) is 1. The summed E-state index contributed by atoms with van der Waals surface area (Å²) >= 11 is 0. The van der Waals surface area contributed by atoms with E-state index in [0.717, 1.165) is 0 Å². The number of alkyl halides is 3. The summed E-state index contributed by atoms with van der Waals surface area (Å²) in [6.07, 6.45) is -5.23. The first kappa shape index (κ1) is 15.2. The summed E-state index contributed by atoms with van der Waals surface area (Å²) in [7, 11) is -0.0676. The Labute approximate surface area is 106 Å². The van der Waals surface area contributed by atoms with E-state index in [4.69, 9.17) is 10.7 Å². The zero-order chi connectivity index (χ0) is 15.0. The number of aromatic amines is 1. The first-order chi connectivity index (χ1) is 8.42. The SMILES string of the molecule is O=c1cc(OC(F)(F)F)[nH]c(S(=O)(=O)Cl)c1[N+](=O)[O-]. The molecule has 1 aromatic heterocycles. The van der Waals surface area contributed by atoms with Crippen molar-refractivity contribution >= 4 is 25.4 Å². The quantitative estimate of drug-likeness (QED) is 0.505. The van der Waals surface area contributed by atoms with Crippen LogP contribution in [-0.2, 0) is 9.05 Å². The summed E-state index contributed by atoms with van der Waals surface area (Å²) in [5, 5.41) is 8.99. The van der Waals surface area contributed by atoms with Crippen LogP contribution >= 0.6 is 10.7 Å².